The number of sulfonamides is 1. The lowest BCUT2D eigenvalue weighted by molar-refractivity contribution is -0.125. The molecular weight excluding hydrogens is 440 g/mol. The van der Waals surface area contributed by atoms with Gasteiger partial charge in [0.15, 0.2) is 0 Å². The van der Waals surface area contributed by atoms with Gasteiger partial charge < -0.3 is 10.2 Å². The van der Waals surface area contributed by atoms with Crippen molar-refractivity contribution in [3.63, 3.8) is 0 Å². The predicted octanol–water partition coefficient (Wildman–Crippen LogP) is 2.87. The minimum atomic E-state index is -3.66. The highest BCUT2D eigenvalue weighted by Gasteiger charge is 2.40. The van der Waals surface area contributed by atoms with Crippen molar-refractivity contribution in [1.29, 1.82) is 0 Å². The highest BCUT2D eigenvalue weighted by atomic mass is 32.2. The van der Waals surface area contributed by atoms with Gasteiger partial charge in [0.1, 0.15) is 12.6 Å². The topological polar surface area (TPSA) is 90.0 Å². The average molecular weight is 477 g/mol. The van der Waals surface area contributed by atoms with E-state index in [0.717, 1.165) is 61.5 Å². The number of hydrogen-bond acceptors (Lipinski definition) is 5. The van der Waals surface area contributed by atoms with Gasteiger partial charge in [-0.3, -0.25) is 14.5 Å². The Bertz CT molecular complexity index is 986. The van der Waals surface area contributed by atoms with E-state index in [0.29, 0.717) is 5.69 Å². The molecule has 2 amide bonds. The molecule has 1 aromatic rings. The maximum Gasteiger partial charge on any atom is 0.250 e. The fourth-order valence-electron chi connectivity index (χ4n) is 5.29. The van der Waals surface area contributed by atoms with Gasteiger partial charge in [0.05, 0.1) is 16.3 Å². The number of hydrogen-bond donors (Lipinski definition) is 1. The maximum atomic E-state index is 13.5. The molecule has 0 radical (unpaired) electrons. The first-order valence-electron chi connectivity index (χ1n) is 12.2. The monoisotopic (exact) mass is 476 g/mol. The van der Waals surface area contributed by atoms with Crippen LogP contribution in [0.1, 0.15) is 64.2 Å². The molecule has 0 aromatic heterocycles. The Labute approximate surface area is 197 Å². The zero-order valence-corrected chi connectivity index (χ0v) is 20.6. The van der Waals surface area contributed by atoms with Crippen LogP contribution >= 0.6 is 0 Å². The molecule has 2 fully saturated rings. The highest BCUT2D eigenvalue weighted by Crippen LogP contribution is 2.40. The highest BCUT2D eigenvalue weighted by molar-refractivity contribution is 7.89. The Balaban J connectivity index is 1.62. The van der Waals surface area contributed by atoms with Crippen LogP contribution in [0, 0.1) is 0 Å². The van der Waals surface area contributed by atoms with Gasteiger partial charge in [-0.05, 0) is 50.3 Å². The molecule has 4 rings (SSSR count). The molecule has 2 aliphatic heterocycles. The number of piperidine rings is 1. The number of rotatable bonds is 5. The Hall–Kier alpha value is -2.13. The fourth-order valence-corrected chi connectivity index (χ4v) is 6.21. The van der Waals surface area contributed by atoms with Gasteiger partial charge in [0.25, 0.3) is 0 Å². The summed E-state index contributed by atoms with van der Waals surface area (Å²) in [5.41, 5.74) is 1.34. The van der Waals surface area contributed by atoms with Crippen LogP contribution in [0.25, 0.3) is 0 Å². The Morgan fingerprint density at radius 3 is 2.36 bits per heavy atom. The molecule has 1 atom stereocenters. The van der Waals surface area contributed by atoms with Crippen molar-refractivity contribution in [3.05, 3.63) is 18.2 Å². The molecule has 0 unspecified atom stereocenters. The van der Waals surface area contributed by atoms with E-state index < -0.39 is 10.0 Å². The molecule has 1 aliphatic carbocycles. The van der Waals surface area contributed by atoms with Crippen LogP contribution in [0.2, 0.25) is 0 Å². The lowest BCUT2D eigenvalue weighted by atomic mass is 9.95. The molecule has 182 valence electrons. The summed E-state index contributed by atoms with van der Waals surface area (Å²) in [6, 6.07) is 4.79. The number of fused-ring (bicyclic) bond motifs is 3. The molecule has 2 heterocycles. The lowest BCUT2D eigenvalue weighted by Gasteiger charge is -2.45. The second-order valence-electron chi connectivity index (χ2n) is 9.68. The quantitative estimate of drug-likeness (QED) is 0.706. The molecular formula is C24H36N4O4S. The fraction of sp³-hybridized carbons (Fsp3) is 0.667. The van der Waals surface area contributed by atoms with Crippen LogP contribution in [-0.4, -0.2) is 63.8 Å². The summed E-state index contributed by atoms with van der Waals surface area (Å²) in [7, 11) is -0.689. The molecule has 33 heavy (non-hydrogen) atoms. The standard InChI is InChI=1S/C24H36N4O4S/c1-26(2)33(31,32)19-13-14-20-22(16-19)28(24(30)21-12-8-9-15-27(20)21)17-23(29)25-18-10-6-4-3-5-7-11-18/h13-14,16,18,21H,3-12,15,17H2,1-2H3,(H,25,29)/t21-/m0/s1. The maximum absolute atomic E-state index is 13.5. The summed E-state index contributed by atoms with van der Waals surface area (Å²) >= 11 is 0. The first kappa shape index (κ1) is 24.0. The van der Waals surface area contributed by atoms with E-state index >= 15 is 0 Å². The molecule has 3 aliphatic rings. The molecule has 1 N–H and O–H groups in total. The minimum Gasteiger partial charge on any atom is -0.358 e. The smallest absolute Gasteiger partial charge is 0.250 e. The number of carbonyl (C=O) groups is 2. The predicted molar refractivity (Wildman–Crippen MR) is 129 cm³/mol. The van der Waals surface area contributed by atoms with Crippen molar-refractivity contribution in [2.75, 3.05) is 37.0 Å². The van der Waals surface area contributed by atoms with E-state index in [1.165, 1.54) is 38.3 Å². The molecule has 0 bridgehead atoms. The number of amides is 2. The normalized spacial score (nSPS) is 22.4. The van der Waals surface area contributed by atoms with Crippen LogP contribution in [0.15, 0.2) is 23.1 Å². The number of nitrogens with zero attached hydrogens (tertiary/aromatic N) is 3. The number of carbonyl (C=O) groups excluding carboxylic acids is 2. The van der Waals surface area contributed by atoms with Crippen molar-refractivity contribution in [3.8, 4) is 0 Å². The molecule has 8 nitrogen and oxygen atoms in total. The van der Waals surface area contributed by atoms with Gasteiger partial charge >= 0.3 is 0 Å². The number of nitrogens with one attached hydrogen (secondary N) is 1. The van der Waals surface area contributed by atoms with Crippen LogP contribution in [0.4, 0.5) is 11.4 Å². The van der Waals surface area contributed by atoms with Gasteiger partial charge in [-0.2, -0.15) is 0 Å². The first-order valence-corrected chi connectivity index (χ1v) is 13.7. The number of benzene rings is 1. The van der Waals surface area contributed by atoms with Gasteiger partial charge in [-0.1, -0.05) is 32.1 Å². The molecule has 1 saturated carbocycles. The lowest BCUT2D eigenvalue weighted by Crippen LogP contribution is -2.57. The Morgan fingerprint density at radius 2 is 1.67 bits per heavy atom. The third-order valence-corrected chi connectivity index (χ3v) is 8.96. The van der Waals surface area contributed by atoms with Gasteiger partial charge in [0, 0.05) is 26.7 Å². The largest absolute Gasteiger partial charge is 0.358 e. The summed E-state index contributed by atoms with van der Waals surface area (Å²) in [6.07, 6.45) is 10.5. The van der Waals surface area contributed by atoms with Gasteiger partial charge in [0.2, 0.25) is 21.8 Å². The van der Waals surface area contributed by atoms with Gasteiger partial charge in [-0.15, -0.1) is 0 Å². The second kappa shape index (κ2) is 10.0. The number of anilines is 2. The van der Waals surface area contributed by atoms with E-state index in [1.807, 2.05) is 0 Å². The van der Waals surface area contributed by atoms with E-state index in [-0.39, 0.29) is 35.3 Å². The van der Waals surface area contributed by atoms with Crippen molar-refractivity contribution >= 4 is 33.2 Å². The van der Waals surface area contributed by atoms with Crippen LogP contribution in [0.3, 0.4) is 0 Å². The van der Waals surface area contributed by atoms with Crippen molar-refractivity contribution in [2.45, 2.75) is 81.2 Å². The summed E-state index contributed by atoms with van der Waals surface area (Å²) < 4.78 is 26.7. The minimum absolute atomic E-state index is 0.0852. The molecule has 1 saturated heterocycles. The Kier molecular flexibility index (Phi) is 7.28. The van der Waals surface area contributed by atoms with Crippen molar-refractivity contribution in [2.24, 2.45) is 0 Å². The van der Waals surface area contributed by atoms with E-state index in [4.69, 9.17) is 0 Å². The summed E-state index contributed by atoms with van der Waals surface area (Å²) in [4.78, 5) is 30.2. The van der Waals surface area contributed by atoms with Crippen molar-refractivity contribution < 1.29 is 18.0 Å². The molecule has 0 spiro atoms. The Morgan fingerprint density at radius 1 is 1.00 bits per heavy atom. The van der Waals surface area contributed by atoms with Crippen molar-refractivity contribution in [1.82, 2.24) is 9.62 Å². The van der Waals surface area contributed by atoms with E-state index in [1.54, 1.807) is 18.2 Å². The van der Waals surface area contributed by atoms with Crippen LogP contribution < -0.4 is 15.1 Å². The second-order valence-corrected chi connectivity index (χ2v) is 11.8. The summed E-state index contributed by atoms with van der Waals surface area (Å²) in [5.74, 6) is -0.292. The van der Waals surface area contributed by atoms with E-state index in [2.05, 4.69) is 10.2 Å². The average Bonchev–Trinajstić information content (AvgIpc) is 2.78. The van der Waals surface area contributed by atoms with Crippen LogP contribution in [-0.2, 0) is 19.6 Å². The third-order valence-electron chi connectivity index (χ3n) is 7.15. The third kappa shape index (κ3) is 5.04. The molecule has 9 heteroatoms. The summed E-state index contributed by atoms with van der Waals surface area (Å²) in [5, 5.41) is 3.15. The SMILES string of the molecule is CN(C)S(=O)(=O)c1ccc2c(c1)N(CC(=O)NC1CCCCCCC1)C(=O)[C@@H]1CCCCN21. The van der Waals surface area contributed by atoms with Crippen LogP contribution in [0.5, 0.6) is 0 Å². The first-order chi connectivity index (χ1) is 15.8. The van der Waals surface area contributed by atoms with Gasteiger partial charge in [-0.25, -0.2) is 12.7 Å². The zero-order valence-electron chi connectivity index (χ0n) is 19.8. The molecule has 1 aromatic carbocycles. The summed E-state index contributed by atoms with van der Waals surface area (Å²) in [6.45, 7) is 0.670. The van der Waals surface area contributed by atoms with E-state index in [9.17, 15) is 18.0 Å². The zero-order chi connectivity index (χ0) is 23.6.